The first kappa shape index (κ1) is 18.8. The first-order valence-corrected chi connectivity index (χ1v) is 9.48. The minimum absolute atomic E-state index is 0.0269. The highest BCUT2D eigenvalue weighted by molar-refractivity contribution is 6.09. The fraction of sp³-hybridized carbons (Fsp3) is 0.273. The van der Waals surface area contributed by atoms with E-state index in [1.54, 1.807) is 24.3 Å². The summed E-state index contributed by atoms with van der Waals surface area (Å²) in [5.41, 5.74) is 2.46. The second kappa shape index (κ2) is 8.67. The van der Waals surface area contributed by atoms with Crippen LogP contribution in [0.1, 0.15) is 5.56 Å². The maximum Gasteiger partial charge on any atom is 0.266 e. The zero-order chi connectivity index (χ0) is 20.1. The molecule has 0 bridgehead atoms. The Morgan fingerprint density at radius 2 is 1.72 bits per heavy atom. The largest absolute Gasteiger partial charge is 0.486 e. The Bertz CT molecular complexity index is 957. The highest BCUT2D eigenvalue weighted by atomic mass is 16.6. The van der Waals surface area contributed by atoms with Gasteiger partial charge in [-0.15, -0.1) is 0 Å². The molecule has 1 N–H and O–H groups in total. The fourth-order valence-corrected chi connectivity index (χ4v) is 3.24. The van der Waals surface area contributed by atoms with Gasteiger partial charge >= 0.3 is 0 Å². The van der Waals surface area contributed by atoms with Crippen LogP contribution >= 0.6 is 0 Å². The van der Waals surface area contributed by atoms with E-state index in [4.69, 9.17) is 14.2 Å². The SMILES string of the molecule is N#C/C(=C\c1ccc(N2CCOCC2)cc1)C(=O)Nc1ccc2c(c1)OCCO2. The van der Waals surface area contributed by atoms with Crippen molar-refractivity contribution in [3.05, 3.63) is 53.6 Å². The molecule has 29 heavy (non-hydrogen) atoms. The summed E-state index contributed by atoms with van der Waals surface area (Å²) in [6.07, 6.45) is 1.58. The lowest BCUT2D eigenvalue weighted by molar-refractivity contribution is -0.112. The molecule has 2 aliphatic heterocycles. The Kier molecular flexibility index (Phi) is 5.63. The van der Waals surface area contributed by atoms with Gasteiger partial charge in [0.2, 0.25) is 0 Å². The van der Waals surface area contributed by atoms with Crippen molar-refractivity contribution in [2.45, 2.75) is 0 Å². The molecule has 0 aliphatic carbocycles. The van der Waals surface area contributed by atoms with Gasteiger partial charge in [-0.2, -0.15) is 5.26 Å². The number of carbonyl (C=O) groups excluding carboxylic acids is 1. The number of hydrogen-bond acceptors (Lipinski definition) is 6. The Balaban J connectivity index is 1.45. The summed E-state index contributed by atoms with van der Waals surface area (Å²) in [5, 5.41) is 12.2. The Hall–Kier alpha value is -3.50. The lowest BCUT2D eigenvalue weighted by Gasteiger charge is -2.28. The Morgan fingerprint density at radius 3 is 2.45 bits per heavy atom. The van der Waals surface area contributed by atoms with E-state index in [1.807, 2.05) is 30.3 Å². The van der Waals surface area contributed by atoms with Gasteiger partial charge in [0.25, 0.3) is 5.91 Å². The Labute approximate surface area is 169 Å². The van der Waals surface area contributed by atoms with Gasteiger partial charge in [0.05, 0.1) is 13.2 Å². The third kappa shape index (κ3) is 4.50. The highest BCUT2D eigenvalue weighted by Gasteiger charge is 2.15. The van der Waals surface area contributed by atoms with Gasteiger partial charge in [-0.1, -0.05) is 12.1 Å². The molecular weight excluding hydrogens is 370 g/mol. The van der Waals surface area contributed by atoms with Gasteiger partial charge in [-0.25, -0.2) is 0 Å². The standard InChI is InChI=1S/C22H21N3O4/c23-15-17(13-16-1-4-19(5-2-16)25-7-9-27-10-8-25)22(26)24-18-3-6-20-21(14-18)29-12-11-28-20/h1-6,13-14H,7-12H2,(H,24,26)/b17-13+. The van der Waals surface area contributed by atoms with Crippen LogP contribution in [0.25, 0.3) is 6.08 Å². The molecule has 0 unspecified atom stereocenters. The average Bonchev–Trinajstić information content (AvgIpc) is 2.78. The van der Waals surface area contributed by atoms with Crippen LogP contribution in [0.5, 0.6) is 11.5 Å². The topological polar surface area (TPSA) is 83.8 Å². The number of fused-ring (bicyclic) bond motifs is 1. The number of carbonyl (C=O) groups is 1. The highest BCUT2D eigenvalue weighted by Crippen LogP contribution is 2.32. The summed E-state index contributed by atoms with van der Waals surface area (Å²) in [4.78, 5) is 14.8. The summed E-state index contributed by atoms with van der Waals surface area (Å²) in [6, 6.07) is 14.9. The summed E-state index contributed by atoms with van der Waals surface area (Å²) >= 11 is 0. The summed E-state index contributed by atoms with van der Waals surface area (Å²) in [7, 11) is 0. The van der Waals surface area contributed by atoms with E-state index in [1.165, 1.54) is 0 Å². The number of nitrogens with one attached hydrogen (secondary N) is 1. The monoisotopic (exact) mass is 391 g/mol. The molecule has 0 radical (unpaired) electrons. The maximum atomic E-state index is 12.5. The van der Waals surface area contributed by atoms with Gasteiger partial charge in [-0.05, 0) is 35.9 Å². The molecule has 2 aromatic carbocycles. The van der Waals surface area contributed by atoms with Crippen molar-refractivity contribution in [1.82, 2.24) is 0 Å². The van der Waals surface area contributed by atoms with Crippen LogP contribution in [0, 0.1) is 11.3 Å². The lowest BCUT2D eigenvalue weighted by atomic mass is 10.1. The average molecular weight is 391 g/mol. The molecule has 4 rings (SSSR count). The van der Waals surface area contributed by atoms with Gasteiger partial charge in [0, 0.05) is 30.5 Å². The molecule has 2 aliphatic rings. The molecule has 1 fully saturated rings. The Morgan fingerprint density at radius 1 is 1.00 bits per heavy atom. The molecule has 7 heteroatoms. The van der Waals surface area contributed by atoms with Crippen molar-refractivity contribution < 1.29 is 19.0 Å². The number of hydrogen-bond donors (Lipinski definition) is 1. The van der Waals surface area contributed by atoms with Gasteiger partial charge in [-0.3, -0.25) is 4.79 Å². The molecule has 0 spiro atoms. The predicted octanol–water partition coefficient (Wildman–Crippen LogP) is 2.84. The molecule has 2 heterocycles. The van der Waals surface area contributed by atoms with Crippen molar-refractivity contribution in [2.24, 2.45) is 0 Å². The molecular formula is C22H21N3O4. The molecule has 1 saturated heterocycles. The number of rotatable bonds is 4. The van der Waals surface area contributed by atoms with E-state index in [9.17, 15) is 10.1 Å². The van der Waals surface area contributed by atoms with Crippen molar-refractivity contribution >= 4 is 23.4 Å². The first-order valence-electron chi connectivity index (χ1n) is 9.48. The number of nitriles is 1. The predicted molar refractivity (Wildman–Crippen MR) is 109 cm³/mol. The van der Waals surface area contributed by atoms with E-state index in [0.717, 1.165) is 37.6 Å². The first-order chi connectivity index (χ1) is 14.2. The van der Waals surface area contributed by atoms with E-state index >= 15 is 0 Å². The number of nitrogens with zero attached hydrogens (tertiary/aromatic N) is 2. The number of benzene rings is 2. The van der Waals surface area contributed by atoms with Crippen LogP contribution in [-0.2, 0) is 9.53 Å². The smallest absolute Gasteiger partial charge is 0.266 e. The molecule has 148 valence electrons. The summed E-state index contributed by atoms with van der Waals surface area (Å²) < 4.78 is 16.4. The second-order valence-electron chi connectivity index (χ2n) is 6.67. The maximum absolute atomic E-state index is 12.5. The van der Waals surface area contributed by atoms with Crippen LogP contribution in [0.2, 0.25) is 0 Å². The molecule has 0 atom stereocenters. The quantitative estimate of drug-likeness (QED) is 0.637. The molecule has 2 aromatic rings. The third-order valence-corrected chi connectivity index (χ3v) is 4.75. The molecule has 0 aromatic heterocycles. The number of ether oxygens (including phenoxy) is 3. The minimum atomic E-state index is -0.471. The zero-order valence-electron chi connectivity index (χ0n) is 15.9. The van der Waals surface area contributed by atoms with E-state index < -0.39 is 5.91 Å². The molecule has 0 saturated carbocycles. The van der Waals surface area contributed by atoms with E-state index in [-0.39, 0.29) is 5.57 Å². The number of amides is 1. The van der Waals surface area contributed by atoms with Crippen LogP contribution < -0.4 is 19.7 Å². The fourth-order valence-electron chi connectivity index (χ4n) is 3.24. The van der Waals surface area contributed by atoms with Crippen LogP contribution in [0.3, 0.4) is 0 Å². The lowest BCUT2D eigenvalue weighted by Crippen LogP contribution is -2.36. The van der Waals surface area contributed by atoms with Crippen molar-refractivity contribution in [3.63, 3.8) is 0 Å². The zero-order valence-corrected chi connectivity index (χ0v) is 15.9. The van der Waals surface area contributed by atoms with Crippen LogP contribution in [0.15, 0.2) is 48.0 Å². The summed E-state index contributed by atoms with van der Waals surface area (Å²) in [6.45, 7) is 4.13. The van der Waals surface area contributed by atoms with Crippen LogP contribution in [-0.4, -0.2) is 45.4 Å². The van der Waals surface area contributed by atoms with Gasteiger partial charge in [0.1, 0.15) is 24.9 Å². The van der Waals surface area contributed by atoms with Gasteiger partial charge in [0.15, 0.2) is 11.5 Å². The summed E-state index contributed by atoms with van der Waals surface area (Å²) in [5.74, 6) is 0.752. The normalized spacial score (nSPS) is 16.1. The van der Waals surface area contributed by atoms with Crippen molar-refractivity contribution in [3.8, 4) is 17.6 Å². The van der Waals surface area contributed by atoms with Gasteiger partial charge < -0.3 is 24.4 Å². The number of anilines is 2. The third-order valence-electron chi connectivity index (χ3n) is 4.75. The molecule has 7 nitrogen and oxygen atoms in total. The minimum Gasteiger partial charge on any atom is -0.486 e. The molecule has 1 amide bonds. The number of morpholine rings is 1. The van der Waals surface area contributed by atoms with Crippen molar-refractivity contribution in [1.29, 1.82) is 5.26 Å². The van der Waals surface area contributed by atoms with E-state index in [0.29, 0.717) is 30.4 Å². The van der Waals surface area contributed by atoms with Crippen molar-refractivity contribution in [2.75, 3.05) is 49.7 Å². The van der Waals surface area contributed by atoms with Crippen LogP contribution in [0.4, 0.5) is 11.4 Å². The second-order valence-corrected chi connectivity index (χ2v) is 6.67. The van der Waals surface area contributed by atoms with E-state index in [2.05, 4.69) is 10.2 Å².